The molecule has 1 saturated heterocycles. The number of rotatable bonds is 5. The van der Waals surface area contributed by atoms with Crippen molar-refractivity contribution in [2.45, 2.75) is 49.3 Å². The number of carbonyl (C=O) groups is 2. The Labute approximate surface area is 193 Å². The maximum atomic E-state index is 13.4. The molecular weight excluding hydrogens is 448 g/mol. The molecule has 9 heteroatoms. The summed E-state index contributed by atoms with van der Waals surface area (Å²) in [6.45, 7) is 3.55. The van der Waals surface area contributed by atoms with Crippen molar-refractivity contribution in [3.63, 3.8) is 0 Å². The summed E-state index contributed by atoms with van der Waals surface area (Å²) in [6, 6.07) is 9.60. The molecule has 172 valence electrons. The van der Waals surface area contributed by atoms with E-state index >= 15 is 0 Å². The maximum Gasteiger partial charge on any atom is 0.340 e. The van der Waals surface area contributed by atoms with Crippen molar-refractivity contribution >= 4 is 33.2 Å². The third-order valence-electron chi connectivity index (χ3n) is 6.28. The summed E-state index contributed by atoms with van der Waals surface area (Å²) >= 11 is 1.11. The summed E-state index contributed by atoms with van der Waals surface area (Å²) in [5, 5.41) is 0. The van der Waals surface area contributed by atoms with Crippen LogP contribution in [0.2, 0.25) is 0 Å². The fourth-order valence-corrected chi connectivity index (χ4v) is 7.99. The maximum absolute atomic E-state index is 13.4. The summed E-state index contributed by atoms with van der Waals surface area (Å²) in [4.78, 5) is 28.3. The number of thiophene rings is 1. The zero-order chi connectivity index (χ0) is 22.9. The van der Waals surface area contributed by atoms with Crippen molar-refractivity contribution in [3.05, 3.63) is 51.9 Å². The molecular formula is C23H28N2O5S2. The minimum atomic E-state index is -3.79. The quantitative estimate of drug-likeness (QED) is 0.618. The molecule has 7 nitrogen and oxygen atoms in total. The van der Waals surface area contributed by atoms with Crippen LogP contribution in [0.5, 0.6) is 0 Å². The van der Waals surface area contributed by atoms with Gasteiger partial charge >= 0.3 is 5.97 Å². The first-order chi connectivity index (χ1) is 15.3. The number of piperidine rings is 1. The largest absolute Gasteiger partial charge is 0.465 e. The summed E-state index contributed by atoms with van der Waals surface area (Å²) in [5.74, 6) is -0.930. The van der Waals surface area contributed by atoms with Crippen LogP contribution in [0.25, 0.3) is 0 Å². The lowest BCUT2D eigenvalue weighted by Gasteiger charge is -2.29. The van der Waals surface area contributed by atoms with E-state index in [4.69, 9.17) is 4.74 Å². The molecule has 0 N–H and O–H groups in total. The molecule has 1 fully saturated rings. The van der Waals surface area contributed by atoms with Crippen LogP contribution in [0, 0.1) is 0 Å². The van der Waals surface area contributed by atoms with Crippen LogP contribution in [0.4, 0.5) is 0 Å². The molecule has 2 aromatic rings. The van der Waals surface area contributed by atoms with Gasteiger partial charge in [0.15, 0.2) is 0 Å². The van der Waals surface area contributed by atoms with Crippen LogP contribution in [0.1, 0.15) is 58.5 Å². The van der Waals surface area contributed by atoms with Gasteiger partial charge in [-0.25, -0.2) is 13.2 Å². The van der Waals surface area contributed by atoms with Crippen LogP contribution >= 0.6 is 11.3 Å². The minimum Gasteiger partial charge on any atom is -0.465 e. The van der Waals surface area contributed by atoms with Crippen molar-refractivity contribution < 1.29 is 22.7 Å². The Kier molecular flexibility index (Phi) is 6.69. The SMILES string of the molecule is COC(=O)c1c(S(=O)(=O)N2CCCCC2)sc2c1CCN(C(=O)C(C)c1ccccc1)C2. The zero-order valence-corrected chi connectivity index (χ0v) is 20.0. The molecule has 2 aliphatic heterocycles. The van der Waals surface area contributed by atoms with E-state index in [0.717, 1.165) is 41.0 Å². The van der Waals surface area contributed by atoms with E-state index in [-0.39, 0.29) is 21.6 Å². The van der Waals surface area contributed by atoms with Gasteiger partial charge in [-0.3, -0.25) is 4.79 Å². The molecule has 0 bridgehead atoms. The molecule has 1 aromatic carbocycles. The first-order valence-corrected chi connectivity index (χ1v) is 13.2. The molecule has 1 aromatic heterocycles. The number of methoxy groups -OCH3 is 1. The number of amides is 1. The predicted molar refractivity (Wildman–Crippen MR) is 122 cm³/mol. The number of hydrogen-bond acceptors (Lipinski definition) is 6. The Morgan fingerprint density at radius 1 is 1.06 bits per heavy atom. The van der Waals surface area contributed by atoms with Crippen molar-refractivity contribution in [1.82, 2.24) is 9.21 Å². The van der Waals surface area contributed by atoms with E-state index < -0.39 is 16.0 Å². The first kappa shape index (κ1) is 22.9. The van der Waals surface area contributed by atoms with Gasteiger partial charge in [-0.15, -0.1) is 11.3 Å². The van der Waals surface area contributed by atoms with Gasteiger partial charge in [0.05, 0.1) is 25.1 Å². The van der Waals surface area contributed by atoms with E-state index in [9.17, 15) is 18.0 Å². The third-order valence-corrected chi connectivity index (χ3v) is 9.90. The highest BCUT2D eigenvalue weighted by Crippen LogP contribution is 2.39. The summed E-state index contributed by atoms with van der Waals surface area (Å²) < 4.78 is 33.3. The van der Waals surface area contributed by atoms with E-state index in [1.165, 1.54) is 11.4 Å². The van der Waals surface area contributed by atoms with Gasteiger partial charge in [-0.05, 0) is 37.3 Å². The second kappa shape index (κ2) is 9.33. The Morgan fingerprint density at radius 2 is 1.75 bits per heavy atom. The molecule has 0 aliphatic carbocycles. The normalized spacial score (nSPS) is 18.1. The Balaban J connectivity index is 1.65. The van der Waals surface area contributed by atoms with Gasteiger partial charge in [0, 0.05) is 24.5 Å². The molecule has 1 amide bonds. The van der Waals surface area contributed by atoms with Gasteiger partial charge in [-0.1, -0.05) is 36.8 Å². The number of hydrogen-bond donors (Lipinski definition) is 0. The number of ether oxygens (including phenoxy) is 1. The molecule has 1 unspecified atom stereocenters. The number of nitrogens with zero attached hydrogens (tertiary/aromatic N) is 2. The average molecular weight is 477 g/mol. The van der Waals surface area contributed by atoms with Crippen molar-refractivity contribution in [2.24, 2.45) is 0 Å². The van der Waals surface area contributed by atoms with Gasteiger partial charge in [-0.2, -0.15) is 4.31 Å². The van der Waals surface area contributed by atoms with Gasteiger partial charge < -0.3 is 9.64 Å². The second-order valence-electron chi connectivity index (χ2n) is 8.26. The molecule has 3 heterocycles. The third kappa shape index (κ3) is 4.21. The van der Waals surface area contributed by atoms with Gasteiger partial charge in [0.2, 0.25) is 5.91 Å². The van der Waals surface area contributed by atoms with Gasteiger partial charge in [0.25, 0.3) is 10.0 Å². The van der Waals surface area contributed by atoms with Gasteiger partial charge in [0.1, 0.15) is 4.21 Å². The van der Waals surface area contributed by atoms with Crippen LogP contribution < -0.4 is 0 Å². The molecule has 1 atom stereocenters. The number of fused-ring (bicyclic) bond motifs is 1. The molecule has 32 heavy (non-hydrogen) atoms. The summed E-state index contributed by atoms with van der Waals surface area (Å²) in [6.07, 6.45) is 3.07. The highest BCUT2D eigenvalue weighted by molar-refractivity contribution is 7.91. The van der Waals surface area contributed by atoms with Crippen LogP contribution in [-0.4, -0.2) is 56.2 Å². The van der Waals surface area contributed by atoms with Crippen LogP contribution in [0.3, 0.4) is 0 Å². The minimum absolute atomic E-state index is 0.00435. The topological polar surface area (TPSA) is 84.0 Å². The smallest absolute Gasteiger partial charge is 0.340 e. The predicted octanol–water partition coefficient (Wildman–Crippen LogP) is 3.40. The fraction of sp³-hybridized carbons (Fsp3) is 0.478. The van der Waals surface area contributed by atoms with E-state index in [2.05, 4.69) is 0 Å². The Hall–Kier alpha value is -2.23. The van der Waals surface area contributed by atoms with Crippen molar-refractivity contribution in [2.75, 3.05) is 26.7 Å². The van der Waals surface area contributed by atoms with Crippen molar-refractivity contribution in [3.8, 4) is 0 Å². The van der Waals surface area contributed by atoms with E-state index in [0.29, 0.717) is 38.2 Å². The first-order valence-electron chi connectivity index (χ1n) is 10.9. The molecule has 0 saturated carbocycles. The highest BCUT2D eigenvalue weighted by Gasteiger charge is 2.38. The Morgan fingerprint density at radius 3 is 2.41 bits per heavy atom. The summed E-state index contributed by atoms with van der Waals surface area (Å²) in [5.41, 5.74) is 1.80. The van der Waals surface area contributed by atoms with Crippen LogP contribution in [-0.2, 0) is 32.5 Å². The molecule has 0 spiro atoms. The summed E-state index contributed by atoms with van der Waals surface area (Å²) in [7, 11) is -2.52. The standard InChI is InChI=1S/C23H28N2O5S2/c1-16(17-9-5-3-6-10-17)21(26)24-14-11-18-19(15-24)31-23(20(18)22(27)30-2)32(28,29)25-12-7-4-8-13-25/h3,5-6,9-10,16H,4,7-8,11-15H2,1-2H3. The number of sulfonamides is 1. The monoisotopic (exact) mass is 476 g/mol. The number of benzene rings is 1. The highest BCUT2D eigenvalue weighted by atomic mass is 32.2. The molecule has 4 rings (SSSR count). The fourth-order valence-electron chi connectivity index (χ4n) is 4.44. The number of carbonyl (C=O) groups excluding carboxylic acids is 2. The molecule has 0 radical (unpaired) electrons. The molecule has 2 aliphatic rings. The van der Waals surface area contributed by atoms with Crippen molar-refractivity contribution in [1.29, 1.82) is 0 Å². The van der Waals surface area contributed by atoms with E-state index in [1.54, 1.807) is 4.90 Å². The van der Waals surface area contributed by atoms with Crippen LogP contribution in [0.15, 0.2) is 34.5 Å². The Bertz CT molecular complexity index is 1100. The lowest BCUT2D eigenvalue weighted by atomic mass is 9.97. The second-order valence-corrected chi connectivity index (χ2v) is 11.5. The zero-order valence-electron chi connectivity index (χ0n) is 18.4. The average Bonchev–Trinajstić information content (AvgIpc) is 3.23. The lowest BCUT2D eigenvalue weighted by Crippen LogP contribution is -2.38. The van der Waals surface area contributed by atoms with E-state index in [1.807, 2.05) is 37.3 Å². The number of esters is 1. The lowest BCUT2D eigenvalue weighted by molar-refractivity contribution is -0.133.